The second-order valence-corrected chi connectivity index (χ2v) is 12.0. The molecule has 6 rings (SSSR count). The van der Waals surface area contributed by atoms with Crippen LogP contribution >= 0.6 is 0 Å². The minimum atomic E-state index is -0.255. The highest BCUT2D eigenvalue weighted by atomic mass is 16.2. The standard InChI is InChI=1S/C35H36N4O4/c1-4-35(2,21-36-17-18-38-31(40)25-13-5-9-23-10-6-14-26(29(23)25)32(38)41)22-37(3)19-20-39-33(42)27-15-7-11-24-12-8-16-28(30(24)27)34(39)43/h5-16,36H,4,17-22H2,1-3H3. The van der Waals surface area contributed by atoms with Gasteiger partial charge in [0.25, 0.3) is 23.6 Å². The van der Waals surface area contributed by atoms with E-state index in [1.807, 2.05) is 55.6 Å². The molecule has 0 bridgehead atoms. The minimum absolute atomic E-state index is 0.100. The number of nitrogens with one attached hydrogen (secondary N) is 1. The van der Waals surface area contributed by atoms with Gasteiger partial charge in [-0.05, 0) is 53.9 Å². The van der Waals surface area contributed by atoms with Gasteiger partial charge >= 0.3 is 0 Å². The molecule has 0 spiro atoms. The topological polar surface area (TPSA) is 90.0 Å². The van der Waals surface area contributed by atoms with Crippen LogP contribution < -0.4 is 5.32 Å². The number of likely N-dealkylation sites (N-methyl/N-ethyl adjacent to an activating group) is 1. The molecule has 4 amide bonds. The first-order valence-corrected chi connectivity index (χ1v) is 14.9. The molecule has 0 saturated carbocycles. The fraction of sp³-hybridized carbons (Fsp3) is 0.314. The number of rotatable bonds is 11. The lowest BCUT2D eigenvalue weighted by molar-refractivity contribution is 0.0585. The average Bonchev–Trinajstić information content (AvgIpc) is 3.01. The van der Waals surface area contributed by atoms with Gasteiger partial charge in [0.2, 0.25) is 0 Å². The zero-order valence-electron chi connectivity index (χ0n) is 24.9. The van der Waals surface area contributed by atoms with Crippen LogP contribution in [0.4, 0.5) is 0 Å². The molecule has 1 unspecified atom stereocenters. The Bertz CT molecular complexity index is 1680. The van der Waals surface area contributed by atoms with Crippen molar-refractivity contribution in [1.29, 1.82) is 0 Å². The van der Waals surface area contributed by atoms with Crippen molar-refractivity contribution in [2.45, 2.75) is 20.3 Å². The van der Waals surface area contributed by atoms with Crippen molar-refractivity contribution >= 4 is 45.2 Å². The molecule has 1 N–H and O–H groups in total. The van der Waals surface area contributed by atoms with Gasteiger partial charge in [0, 0.05) is 72.3 Å². The van der Waals surface area contributed by atoms with Gasteiger partial charge in [-0.25, -0.2) is 0 Å². The first-order chi connectivity index (χ1) is 20.7. The monoisotopic (exact) mass is 576 g/mol. The summed E-state index contributed by atoms with van der Waals surface area (Å²) in [6.45, 7) is 7.39. The SMILES string of the molecule is CCC(C)(CNCCN1C(=O)c2cccc3cccc(c23)C1=O)CN(C)CCN1C(=O)c2cccc3cccc(c23)C1=O. The van der Waals surface area contributed by atoms with E-state index in [9.17, 15) is 19.2 Å². The molecular weight excluding hydrogens is 540 g/mol. The molecule has 2 aliphatic heterocycles. The Kier molecular flexibility index (Phi) is 7.58. The van der Waals surface area contributed by atoms with Crippen LogP contribution in [0.3, 0.4) is 0 Å². The summed E-state index contributed by atoms with van der Waals surface area (Å²) in [5.41, 5.74) is 2.18. The van der Waals surface area contributed by atoms with Crippen LogP contribution in [0.5, 0.6) is 0 Å². The van der Waals surface area contributed by atoms with Crippen LogP contribution in [0.2, 0.25) is 0 Å². The quantitative estimate of drug-likeness (QED) is 0.203. The summed E-state index contributed by atoms with van der Waals surface area (Å²) >= 11 is 0. The van der Waals surface area contributed by atoms with Crippen molar-refractivity contribution in [1.82, 2.24) is 20.0 Å². The first kappa shape index (κ1) is 28.7. The highest BCUT2D eigenvalue weighted by Gasteiger charge is 2.34. The Balaban J connectivity index is 1.03. The van der Waals surface area contributed by atoms with E-state index in [2.05, 4.69) is 24.1 Å². The van der Waals surface area contributed by atoms with Crippen LogP contribution in [-0.2, 0) is 0 Å². The normalized spacial score (nSPS) is 16.1. The van der Waals surface area contributed by atoms with Gasteiger partial charge in [-0.2, -0.15) is 0 Å². The van der Waals surface area contributed by atoms with Gasteiger partial charge in [0.05, 0.1) is 0 Å². The van der Waals surface area contributed by atoms with Crippen molar-refractivity contribution < 1.29 is 19.2 Å². The lowest BCUT2D eigenvalue weighted by Gasteiger charge is -2.35. The van der Waals surface area contributed by atoms with Crippen LogP contribution in [0.1, 0.15) is 61.7 Å². The van der Waals surface area contributed by atoms with Crippen molar-refractivity contribution in [2.75, 3.05) is 46.3 Å². The molecule has 0 saturated heterocycles. The van der Waals surface area contributed by atoms with Crippen LogP contribution in [0.25, 0.3) is 21.5 Å². The molecular formula is C35H36N4O4. The van der Waals surface area contributed by atoms with E-state index in [0.717, 1.165) is 34.5 Å². The molecule has 8 heteroatoms. The van der Waals surface area contributed by atoms with E-state index >= 15 is 0 Å². The maximum atomic E-state index is 13.3. The third kappa shape index (κ3) is 5.11. The maximum absolute atomic E-state index is 13.3. The Morgan fingerprint density at radius 2 is 1.09 bits per heavy atom. The highest BCUT2D eigenvalue weighted by molar-refractivity contribution is 6.26. The zero-order chi connectivity index (χ0) is 30.3. The third-order valence-electron chi connectivity index (χ3n) is 8.99. The van der Waals surface area contributed by atoms with Gasteiger partial charge in [0.15, 0.2) is 0 Å². The Labute approximate surface area is 251 Å². The number of carbonyl (C=O) groups excluding carboxylic acids is 4. The third-order valence-corrected chi connectivity index (χ3v) is 8.99. The van der Waals surface area contributed by atoms with E-state index in [1.165, 1.54) is 9.80 Å². The van der Waals surface area contributed by atoms with Crippen molar-refractivity contribution in [3.05, 3.63) is 95.1 Å². The summed E-state index contributed by atoms with van der Waals surface area (Å²) < 4.78 is 0. The van der Waals surface area contributed by atoms with E-state index < -0.39 is 0 Å². The minimum Gasteiger partial charge on any atom is -0.314 e. The molecule has 8 nitrogen and oxygen atoms in total. The summed E-state index contributed by atoms with van der Waals surface area (Å²) in [4.78, 5) is 57.8. The largest absolute Gasteiger partial charge is 0.314 e. The second-order valence-electron chi connectivity index (χ2n) is 12.0. The first-order valence-electron chi connectivity index (χ1n) is 14.9. The summed E-state index contributed by atoms with van der Waals surface area (Å²) in [5, 5.41) is 6.74. The number of benzene rings is 4. The highest BCUT2D eigenvalue weighted by Crippen LogP contribution is 2.31. The van der Waals surface area contributed by atoms with E-state index in [-0.39, 0.29) is 35.6 Å². The number of nitrogens with zero attached hydrogens (tertiary/aromatic N) is 3. The Morgan fingerprint density at radius 3 is 1.51 bits per heavy atom. The molecule has 43 heavy (non-hydrogen) atoms. The number of hydrogen-bond acceptors (Lipinski definition) is 6. The maximum Gasteiger partial charge on any atom is 0.261 e. The van der Waals surface area contributed by atoms with Gasteiger partial charge in [-0.3, -0.25) is 29.0 Å². The Morgan fingerprint density at radius 1 is 0.674 bits per heavy atom. The van der Waals surface area contributed by atoms with Crippen molar-refractivity contribution in [3.63, 3.8) is 0 Å². The lowest BCUT2D eigenvalue weighted by atomic mass is 9.86. The van der Waals surface area contributed by atoms with E-state index in [4.69, 9.17) is 0 Å². The van der Waals surface area contributed by atoms with Crippen molar-refractivity contribution in [2.24, 2.45) is 5.41 Å². The fourth-order valence-electron chi connectivity index (χ4n) is 6.44. The molecule has 2 heterocycles. The summed E-state index contributed by atoms with van der Waals surface area (Å²) in [6.07, 6.45) is 0.901. The molecule has 0 radical (unpaired) electrons. The molecule has 4 aromatic rings. The zero-order valence-corrected chi connectivity index (χ0v) is 24.9. The van der Waals surface area contributed by atoms with E-state index in [1.54, 1.807) is 24.3 Å². The van der Waals surface area contributed by atoms with Gasteiger partial charge < -0.3 is 10.2 Å². The fourth-order valence-corrected chi connectivity index (χ4v) is 6.44. The molecule has 2 aliphatic rings. The van der Waals surface area contributed by atoms with E-state index in [0.29, 0.717) is 48.4 Å². The Hall–Kier alpha value is -4.40. The molecule has 4 aromatic carbocycles. The molecule has 220 valence electrons. The number of imide groups is 2. The predicted molar refractivity (Wildman–Crippen MR) is 167 cm³/mol. The number of hydrogen-bond donors (Lipinski definition) is 1. The molecule has 0 aliphatic carbocycles. The number of amides is 4. The smallest absolute Gasteiger partial charge is 0.261 e. The van der Waals surface area contributed by atoms with Gasteiger partial charge in [0.1, 0.15) is 0 Å². The van der Waals surface area contributed by atoms with Crippen LogP contribution in [0.15, 0.2) is 72.8 Å². The molecule has 1 atom stereocenters. The molecule has 0 fully saturated rings. The van der Waals surface area contributed by atoms with Crippen LogP contribution in [-0.4, -0.2) is 84.6 Å². The van der Waals surface area contributed by atoms with Crippen LogP contribution in [0, 0.1) is 5.41 Å². The molecule has 0 aromatic heterocycles. The average molecular weight is 577 g/mol. The lowest BCUT2D eigenvalue weighted by Crippen LogP contribution is -2.48. The summed E-state index contributed by atoms with van der Waals surface area (Å²) in [7, 11) is 2.00. The van der Waals surface area contributed by atoms with Crippen molar-refractivity contribution in [3.8, 4) is 0 Å². The second kappa shape index (κ2) is 11.4. The summed E-state index contributed by atoms with van der Waals surface area (Å²) in [5.74, 6) is -1.00. The summed E-state index contributed by atoms with van der Waals surface area (Å²) in [6, 6.07) is 22.3. The van der Waals surface area contributed by atoms with Gasteiger partial charge in [-0.15, -0.1) is 0 Å². The van der Waals surface area contributed by atoms with Gasteiger partial charge in [-0.1, -0.05) is 62.4 Å². The predicted octanol–water partition coefficient (Wildman–Crippen LogP) is 4.82. The number of carbonyl (C=O) groups is 4.